The fourth-order valence-electron chi connectivity index (χ4n) is 2.69. The van der Waals surface area contributed by atoms with Crippen molar-refractivity contribution in [2.75, 3.05) is 32.1 Å². The first kappa shape index (κ1) is 21.9. The van der Waals surface area contributed by atoms with E-state index in [0.29, 0.717) is 30.4 Å². The Kier molecular flexibility index (Phi) is 7.50. The number of hydrogen-bond acceptors (Lipinski definition) is 5. The van der Waals surface area contributed by atoms with Crippen molar-refractivity contribution >= 4 is 33.8 Å². The number of aromatic nitrogens is 1. The number of halogens is 4. The number of aryl methyl sites for hydroxylation is 2. The maximum Gasteiger partial charge on any atom is 0.434 e. The summed E-state index contributed by atoms with van der Waals surface area (Å²) < 4.78 is 45.4. The molecule has 9 heteroatoms. The molecule has 0 atom stereocenters. The first-order valence-electron chi connectivity index (χ1n) is 8.47. The first-order chi connectivity index (χ1) is 12.7. The zero-order chi connectivity index (χ0) is 20.2. The molecule has 1 heterocycles. The highest BCUT2D eigenvalue weighted by Crippen LogP contribution is 2.39. The van der Waals surface area contributed by atoms with Gasteiger partial charge in [-0.3, -0.25) is 4.90 Å². The van der Waals surface area contributed by atoms with Crippen LogP contribution in [0.2, 0.25) is 5.02 Å². The van der Waals surface area contributed by atoms with Crippen LogP contribution < -0.4 is 5.32 Å². The summed E-state index contributed by atoms with van der Waals surface area (Å²) in [7, 11) is 1.57. The van der Waals surface area contributed by atoms with Crippen LogP contribution in [0.1, 0.15) is 28.6 Å². The molecule has 0 fully saturated rings. The van der Waals surface area contributed by atoms with Crippen LogP contribution in [0.5, 0.6) is 0 Å². The highest BCUT2D eigenvalue weighted by atomic mass is 35.5. The molecule has 2 aromatic rings. The largest absolute Gasteiger partial charge is 0.434 e. The smallest absolute Gasteiger partial charge is 0.383 e. The molecule has 1 N–H and O–H groups in total. The summed E-state index contributed by atoms with van der Waals surface area (Å²) in [5.74, 6) is 0. The summed E-state index contributed by atoms with van der Waals surface area (Å²) in [4.78, 5) is 5.87. The lowest BCUT2D eigenvalue weighted by atomic mass is 10.1. The second-order valence-electron chi connectivity index (χ2n) is 6.21. The summed E-state index contributed by atoms with van der Waals surface area (Å²) in [6.45, 7) is 7.44. The maximum atomic E-state index is 13.5. The fourth-order valence-corrected chi connectivity index (χ4v) is 4.08. The minimum atomic E-state index is -4.52. The lowest BCUT2D eigenvalue weighted by molar-refractivity contribution is -0.141. The van der Waals surface area contributed by atoms with Gasteiger partial charge < -0.3 is 10.1 Å². The molecule has 0 amide bonds. The Balaban J connectivity index is 2.33. The Morgan fingerprint density at radius 1 is 1.30 bits per heavy atom. The number of likely N-dealkylation sites (N-methyl/N-ethyl adjacent to an activating group) is 1. The Hall–Kier alpha value is -1.35. The zero-order valence-corrected chi connectivity index (χ0v) is 17.3. The SMILES string of the molecule is CCN(CCOC)Cc1sc(Nc2c(C)cc(C)cc2Cl)nc1C(F)(F)F. The zero-order valence-electron chi connectivity index (χ0n) is 15.7. The molecule has 0 aliphatic heterocycles. The van der Waals surface area contributed by atoms with Crippen LogP contribution in [0, 0.1) is 13.8 Å². The molecule has 0 aliphatic rings. The number of hydrogen-bond donors (Lipinski definition) is 1. The molecule has 4 nitrogen and oxygen atoms in total. The topological polar surface area (TPSA) is 37.4 Å². The standard InChI is InChI=1S/C18H23ClF3N3OS/c1-5-25(6-7-26-4)10-14-16(18(20,21)22)24-17(27-14)23-15-12(3)8-11(2)9-13(15)19/h8-9H,5-7,10H2,1-4H3,(H,23,24). The Labute approximate surface area is 166 Å². The fraction of sp³-hybridized carbons (Fsp3) is 0.500. The van der Waals surface area contributed by atoms with Gasteiger partial charge in [0, 0.05) is 20.2 Å². The van der Waals surface area contributed by atoms with Gasteiger partial charge in [0.1, 0.15) is 0 Å². The highest BCUT2D eigenvalue weighted by molar-refractivity contribution is 7.15. The molecule has 150 valence electrons. The van der Waals surface area contributed by atoms with Crippen LogP contribution in [0.25, 0.3) is 0 Å². The second kappa shape index (κ2) is 9.23. The molecule has 0 saturated carbocycles. The van der Waals surface area contributed by atoms with Crippen molar-refractivity contribution in [1.82, 2.24) is 9.88 Å². The monoisotopic (exact) mass is 421 g/mol. The van der Waals surface area contributed by atoms with E-state index in [4.69, 9.17) is 16.3 Å². The van der Waals surface area contributed by atoms with E-state index in [1.54, 1.807) is 13.2 Å². The molecular formula is C18H23ClF3N3OS. The summed E-state index contributed by atoms with van der Waals surface area (Å²) in [6, 6.07) is 3.68. The first-order valence-corrected chi connectivity index (χ1v) is 9.67. The molecule has 0 aliphatic carbocycles. The minimum absolute atomic E-state index is 0.161. The molecule has 1 aromatic heterocycles. The third-order valence-electron chi connectivity index (χ3n) is 4.06. The van der Waals surface area contributed by atoms with E-state index in [-0.39, 0.29) is 16.6 Å². The van der Waals surface area contributed by atoms with E-state index in [1.807, 2.05) is 31.7 Å². The van der Waals surface area contributed by atoms with Crippen LogP contribution in [-0.2, 0) is 17.5 Å². The van der Waals surface area contributed by atoms with E-state index in [2.05, 4.69) is 10.3 Å². The van der Waals surface area contributed by atoms with Crippen molar-refractivity contribution in [2.24, 2.45) is 0 Å². The van der Waals surface area contributed by atoms with Gasteiger partial charge in [0.05, 0.1) is 22.2 Å². The van der Waals surface area contributed by atoms with E-state index in [9.17, 15) is 13.2 Å². The molecule has 0 radical (unpaired) electrons. The van der Waals surface area contributed by atoms with E-state index in [1.165, 1.54) is 0 Å². The van der Waals surface area contributed by atoms with Gasteiger partial charge in [0.25, 0.3) is 0 Å². The summed E-state index contributed by atoms with van der Waals surface area (Å²) in [6.07, 6.45) is -4.52. The molecule has 1 aromatic carbocycles. The Bertz CT molecular complexity index is 757. The second-order valence-corrected chi connectivity index (χ2v) is 7.70. The third kappa shape index (κ3) is 5.81. The number of anilines is 2. The van der Waals surface area contributed by atoms with Crippen molar-refractivity contribution in [1.29, 1.82) is 0 Å². The normalized spacial score (nSPS) is 12.0. The Morgan fingerprint density at radius 3 is 2.56 bits per heavy atom. The van der Waals surface area contributed by atoms with E-state index in [0.717, 1.165) is 22.5 Å². The van der Waals surface area contributed by atoms with Crippen molar-refractivity contribution < 1.29 is 17.9 Å². The number of ether oxygens (including phenoxy) is 1. The maximum absolute atomic E-state index is 13.5. The van der Waals surface area contributed by atoms with Gasteiger partial charge in [-0.05, 0) is 37.6 Å². The third-order valence-corrected chi connectivity index (χ3v) is 5.31. The number of methoxy groups -OCH3 is 1. The molecular weight excluding hydrogens is 399 g/mol. The molecule has 0 bridgehead atoms. The van der Waals surface area contributed by atoms with E-state index < -0.39 is 11.9 Å². The Morgan fingerprint density at radius 2 is 2.00 bits per heavy atom. The van der Waals surface area contributed by atoms with Gasteiger partial charge in [-0.1, -0.05) is 35.9 Å². The number of thiazole rings is 1. The summed E-state index contributed by atoms with van der Waals surface area (Å²) >= 11 is 7.25. The summed E-state index contributed by atoms with van der Waals surface area (Å²) in [5.41, 5.74) is 1.55. The van der Waals surface area contributed by atoms with E-state index >= 15 is 0 Å². The minimum Gasteiger partial charge on any atom is -0.383 e. The number of nitrogens with zero attached hydrogens (tertiary/aromatic N) is 2. The highest BCUT2D eigenvalue weighted by Gasteiger charge is 2.38. The molecule has 0 unspecified atom stereocenters. The van der Waals surface area contributed by atoms with Gasteiger partial charge in [0.2, 0.25) is 0 Å². The quantitative estimate of drug-likeness (QED) is 0.598. The molecule has 27 heavy (non-hydrogen) atoms. The predicted octanol–water partition coefficient (Wildman–Crippen LogP) is 5.64. The number of rotatable bonds is 8. The molecule has 2 rings (SSSR count). The van der Waals surface area contributed by atoms with Gasteiger partial charge in [-0.2, -0.15) is 13.2 Å². The predicted molar refractivity (Wildman–Crippen MR) is 104 cm³/mol. The van der Waals surface area contributed by atoms with Crippen LogP contribution in [-0.4, -0.2) is 36.7 Å². The van der Waals surface area contributed by atoms with Crippen molar-refractivity contribution in [3.05, 3.63) is 38.9 Å². The molecule has 0 saturated heterocycles. The average molecular weight is 422 g/mol. The molecule has 0 spiro atoms. The number of nitrogens with one attached hydrogen (secondary N) is 1. The van der Waals surface area contributed by atoms with Gasteiger partial charge in [0.15, 0.2) is 10.8 Å². The van der Waals surface area contributed by atoms with Crippen LogP contribution in [0.3, 0.4) is 0 Å². The lowest BCUT2D eigenvalue weighted by Gasteiger charge is -2.19. The summed E-state index contributed by atoms with van der Waals surface area (Å²) in [5, 5.41) is 3.59. The van der Waals surface area contributed by atoms with Crippen molar-refractivity contribution in [3.8, 4) is 0 Å². The van der Waals surface area contributed by atoms with Gasteiger partial charge in [-0.15, -0.1) is 0 Å². The van der Waals surface area contributed by atoms with Gasteiger partial charge in [-0.25, -0.2) is 4.98 Å². The van der Waals surface area contributed by atoms with Crippen LogP contribution >= 0.6 is 22.9 Å². The van der Waals surface area contributed by atoms with Crippen LogP contribution in [0.4, 0.5) is 24.0 Å². The number of benzene rings is 1. The van der Waals surface area contributed by atoms with Crippen molar-refractivity contribution in [3.63, 3.8) is 0 Å². The number of alkyl halides is 3. The van der Waals surface area contributed by atoms with Crippen LogP contribution in [0.15, 0.2) is 12.1 Å². The average Bonchev–Trinajstić information content (AvgIpc) is 2.97. The van der Waals surface area contributed by atoms with Gasteiger partial charge >= 0.3 is 6.18 Å². The van der Waals surface area contributed by atoms with Crippen molar-refractivity contribution in [2.45, 2.75) is 33.5 Å². The lowest BCUT2D eigenvalue weighted by Crippen LogP contribution is -2.27.